The Kier molecular flexibility index (Phi) is 5.70. The van der Waals surface area contributed by atoms with Gasteiger partial charge < -0.3 is 14.8 Å². The summed E-state index contributed by atoms with van der Waals surface area (Å²) in [5.74, 6) is 0.177. The van der Waals surface area contributed by atoms with Gasteiger partial charge in [-0.25, -0.2) is 4.79 Å². The van der Waals surface area contributed by atoms with E-state index in [4.69, 9.17) is 17.0 Å². The lowest BCUT2D eigenvalue weighted by atomic mass is 10.1. The number of benzene rings is 2. The van der Waals surface area contributed by atoms with Crippen LogP contribution in [0.15, 0.2) is 53.4 Å². The van der Waals surface area contributed by atoms with Gasteiger partial charge in [0.1, 0.15) is 16.7 Å². The third-order valence-corrected chi connectivity index (χ3v) is 4.76. The molecule has 2 aromatic rings. The van der Waals surface area contributed by atoms with Crippen LogP contribution in [0.25, 0.3) is 6.08 Å². The molecule has 7 heteroatoms. The second-order valence-corrected chi connectivity index (χ2v) is 7.12. The molecule has 1 amide bonds. The zero-order valence-corrected chi connectivity index (χ0v) is 15.5. The Morgan fingerprint density at radius 3 is 2.42 bits per heavy atom. The molecule has 1 aliphatic heterocycles. The Morgan fingerprint density at radius 1 is 1.15 bits per heavy atom. The molecular weight excluding hydrogens is 370 g/mol. The summed E-state index contributed by atoms with van der Waals surface area (Å²) in [7, 11) is 1.35. The molecule has 0 saturated carbocycles. The second kappa shape index (κ2) is 8.16. The van der Waals surface area contributed by atoms with Crippen molar-refractivity contribution < 1.29 is 19.1 Å². The molecule has 1 fully saturated rings. The Morgan fingerprint density at radius 2 is 1.85 bits per heavy atom. The van der Waals surface area contributed by atoms with E-state index >= 15 is 0 Å². The van der Waals surface area contributed by atoms with Crippen LogP contribution in [0.4, 0.5) is 0 Å². The Bertz CT molecular complexity index is 873. The van der Waals surface area contributed by atoms with E-state index in [2.05, 4.69) is 10.1 Å². The van der Waals surface area contributed by atoms with E-state index < -0.39 is 0 Å². The van der Waals surface area contributed by atoms with Gasteiger partial charge in [-0.1, -0.05) is 48.2 Å². The summed E-state index contributed by atoms with van der Waals surface area (Å²) in [5.41, 5.74) is 2.33. The average Bonchev–Trinajstić information content (AvgIpc) is 2.98. The monoisotopic (exact) mass is 385 g/mol. The van der Waals surface area contributed by atoms with E-state index in [0.717, 1.165) is 11.1 Å². The van der Waals surface area contributed by atoms with Crippen molar-refractivity contribution in [2.24, 2.45) is 0 Å². The smallest absolute Gasteiger partial charge is 0.337 e. The zero-order chi connectivity index (χ0) is 18.5. The van der Waals surface area contributed by atoms with Crippen molar-refractivity contribution in [1.82, 2.24) is 5.32 Å². The lowest BCUT2D eigenvalue weighted by Crippen LogP contribution is -2.17. The predicted molar refractivity (Wildman–Crippen MR) is 105 cm³/mol. The van der Waals surface area contributed by atoms with Gasteiger partial charge in [0.05, 0.1) is 17.6 Å². The molecule has 0 radical (unpaired) electrons. The predicted octanol–water partition coefficient (Wildman–Crippen LogP) is 3.54. The maximum absolute atomic E-state index is 11.7. The highest BCUT2D eigenvalue weighted by Gasteiger charge is 2.21. The summed E-state index contributed by atoms with van der Waals surface area (Å²) in [6, 6.07) is 14.5. The molecule has 0 spiro atoms. The van der Waals surface area contributed by atoms with Crippen molar-refractivity contribution in [2.75, 3.05) is 7.11 Å². The molecule has 5 nitrogen and oxygen atoms in total. The van der Waals surface area contributed by atoms with Crippen molar-refractivity contribution in [1.29, 1.82) is 0 Å². The number of hydrogen-bond donors (Lipinski definition) is 1. The fraction of sp³-hybridized carbons (Fsp3) is 0.105. The molecule has 132 valence electrons. The number of rotatable bonds is 5. The lowest BCUT2D eigenvalue weighted by Gasteiger charge is -2.07. The molecule has 26 heavy (non-hydrogen) atoms. The second-order valence-electron chi connectivity index (χ2n) is 5.40. The quantitative estimate of drug-likeness (QED) is 0.483. The van der Waals surface area contributed by atoms with Gasteiger partial charge in [-0.3, -0.25) is 4.79 Å². The van der Waals surface area contributed by atoms with Crippen LogP contribution in [0, 0.1) is 0 Å². The molecule has 1 heterocycles. The van der Waals surface area contributed by atoms with Crippen LogP contribution in [-0.4, -0.2) is 23.3 Å². The molecule has 0 aliphatic carbocycles. The summed E-state index contributed by atoms with van der Waals surface area (Å²) in [6.07, 6.45) is 1.79. The number of esters is 1. The maximum Gasteiger partial charge on any atom is 0.337 e. The molecular formula is C19H15NO4S2. The van der Waals surface area contributed by atoms with Crippen LogP contribution in [-0.2, 0) is 16.1 Å². The zero-order valence-electron chi connectivity index (χ0n) is 13.9. The molecule has 1 N–H and O–H groups in total. The van der Waals surface area contributed by atoms with Gasteiger partial charge >= 0.3 is 5.97 Å². The van der Waals surface area contributed by atoms with Gasteiger partial charge in [-0.05, 0) is 41.5 Å². The van der Waals surface area contributed by atoms with Gasteiger partial charge in [-0.2, -0.15) is 0 Å². The van der Waals surface area contributed by atoms with Crippen LogP contribution < -0.4 is 10.1 Å². The standard InChI is InChI=1S/C19H15NO4S2/c1-23-18(22)14-6-2-13(3-7-14)11-24-15-8-4-12(5-9-15)10-16-17(21)20-19(25)26-16/h2-10H,11H2,1H3,(H,20,21,25). The van der Waals surface area contributed by atoms with E-state index in [0.29, 0.717) is 27.1 Å². The van der Waals surface area contributed by atoms with Gasteiger partial charge in [-0.15, -0.1) is 0 Å². The molecule has 3 rings (SSSR count). The maximum atomic E-state index is 11.7. The number of amides is 1. The fourth-order valence-corrected chi connectivity index (χ4v) is 3.30. The number of thiocarbonyl (C=S) groups is 1. The summed E-state index contributed by atoms with van der Waals surface area (Å²) < 4.78 is 10.9. The Balaban J connectivity index is 1.59. The molecule has 0 aromatic heterocycles. The van der Waals surface area contributed by atoms with Crippen molar-refractivity contribution in [3.05, 3.63) is 70.1 Å². The van der Waals surface area contributed by atoms with Crippen molar-refractivity contribution >= 4 is 46.3 Å². The minimum atomic E-state index is -0.364. The third kappa shape index (κ3) is 4.50. The fourth-order valence-electron chi connectivity index (χ4n) is 2.25. The largest absolute Gasteiger partial charge is 0.489 e. The van der Waals surface area contributed by atoms with Crippen LogP contribution in [0.1, 0.15) is 21.5 Å². The minimum Gasteiger partial charge on any atom is -0.489 e. The highest BCUT2D eigenvalue weighted by Crippen LogP contribution is 2.26. The van der Waals surface area contributed by atoms with E-state index in [-0.39, 0.29) is 11.9 Å². The van der Waals surface area contributed by atoms with Crippen LogP contribution in [0.3, 0.4) is 0 Å². The average molecular weight is 385 g/mol. The Hall–Kier alpha value is -2.64. The van der Waals surface area contributed by atoms with Gasteiger partial charge in [0.25, 0.3) is 5.91 Å². The van der Waals surface area contributed by atoms with E-state index in [1.54, 1.807) is 18.2 Å². The number of carbonyl (C=O) groups excluding carboxylic acids is 2. The molecule has 0 atom stereocenters. The lowest BCUT2D eigenvalue weighted by molar-refractivity contribution is -0.115. The number of carbonyl (C=O) groups is 2. The summed E-state index contributed by atoms with van der Waals surface area (Å²) in [6.45, 7) is 0.383. The molecule has 1 saturated heterocycles. The highest BCUT2D eigenvalue weighted by atomic mass is 32.2. The van der Waals surface area contributed by atoms with Crippen molar-refractivity contribution in [3.8, 4) is 5.75 Å². The minimum absolute atomic E-state index is 0.171. The number of methoxy groups -OCH3 is 1. The normalized spacial score (nSPS) is 15.0. The van der Waals surface area contributed by atoms with E-state index in [1.807, 2.05) is 36.4 Å². The number of nitrogens with one attached hydrogen (secondary N) is 1. The van der Waals surface area contributed by atoms with Crippen LogP contribution in [0.5, 0.6) is 5.75 Å². The topological polar surface area (TPSA) is 64.6 Å². The van der Waals surface area contributed by atoms with Gasteiger partial charge in [0.2, 0.25) is 0 Å². The van der Waals surface area contributed by atoms with Gasteiger partial charge in [0, 0.05) is 0 Å². The first-order chi connectivity index (χ1) is 12.5. The van der Waals surface area contributed by atoms with Gasteiger partial charge in [0.15, 0.2) is 0 Å². The Labute approximate surface area is 160 Å². The molecule has 0 unspecified atom stereocenters. The van der Waals surface area contributed by atoms with Crippen LogP contribution in [0.2, 0.25) is 0 Å². The first-order valence-electron chi connectivity index (χ1n) is 7.70. The third-order valence-electron chi connectivity index (χ3n) is 3.60. The molecule has 1 aliphatic rings. The number of thioether (sulfide) groups is 1. The van der Waals surface area contributed by atoms with Crippen molar-refractivity contribution in [3.63, 3.8) is 0 Å². The summed E-state index contributed by atoms with van der Waals surface area (Å²) in [5, 5.41) is 2.59. The van der Waals surface area contributed by atoms with Crippen molar-refractivity contribution in [2.45, 2.75) is 6.61 Å². The molecule has 0 bridgehead atoms. The summed E-state index contributed by atoms with van der Waals surface area (Å²) >= 11 is 6.22. The highest BCUT2D eigenvalue weighted by molar-refractivity contribution is 8.26. The number of hydrogen-bond acceptors (Lipinski definition) is 6. The van der Waals surface area contributed by atoms with E-state index in [9.17, 15) is 9.59 Å². The first kappa shape index (κ1) is 18.2. The van der Waals surface area contributed by atoms with Crippen LogP contribution >= 0.6 is 24.0 Å². The van der Waals surface area contributed by atoms with E-state index in [1.165, 1.54) is 18.9 Å². The number of ether oxygens (including phenoxy) is 2. The SMILES string of the molecule is COC(=O)c1ccc(COc2ccc(C=C3SC(=S)NC3=O)cc2)cc1. The molecule has 2 aromatic carbocycles. The first-order valence-corrected chi connectivity index (χ1v) is 8.92. The summed E-state index contributed by atoms with van der Waals surface area (Å²) in [4.78, 5) is 23.6.